The van der Waals surface area contributed by atoms with Gasteiger partial charge in [-0.15, -0.1) is 16.4 Å². The molecule has 0 saturated carbocycles. The number of carbonyl (C=O) groups is 5. The Morgan fingerprint density at radius 1 is 0.980 bits per heavy atom. The van der Waals surface area contributed by atoms with Gasteiger partial charge in [-0.2, -0.15) is 4.68 Å². The van der Waals surface area contributed by atoms with Crippen molar-refractivity contribution in [2.75, 3.05) is 18.8 Å². The number of benzene rings is 2. The van der Waals surface area contributed by atoms with E-state index in [0.717, 1.165) is 27.9 Å². The van der Waals surface area contributed by atoms with Gasteiger partial charge in [-0.25, -0.2) is 9.80 Å². The molecule has 0 spiro atoms. The average molecular weight is 716 g/mol. The molecular weight excluding hydrogens is 679 g/mol. The number of fused-ring (bicyclic) bond motifs is 1. The summed E-state index contributed by atoms with van der Waals surface area (Å²) in [6.07, 6.45) is 1.78. The highest BCUT2D eigenvalue weighted by Crippen LogP contribution is 2.26. The quantitative estimate of drug-likeness (QED) is 0.176. The van der Waals surface area contributed by atoms with E-state index in [1.54, 1.807) is 11.3 Å². The van der Waals surface area contributed by atoms with Crippen LogP contribution in [0.25, 0.3) is 5.69 Å². The summed E-state index contributed by atoms with van der Waals surface area (Å²) in [5, 5.41) is 25.2. The van der Waals surface area contributed by atoms with E-state index in [0.29, 0.717) is 24.5 Å². The number of nitrogens with zero attached hydrogens (tertiary/aromatic N) is 6. The minimum atomic E-state index is -1.05. The van der Waals surface area contributed by atoms with Crippen LogP contribution < -0.4 is 16.0 Å². The smallest absolute Gasteiger partial charge is 0.315 e. The molecule has 0 radical (unpaired) electrons. The van der Waals surface area contributed by atoms with Crippen molar-refractivity contribution in [3.8, 4) is 5.69 Å². The first-order chi connectivity index (χ1) is 24.4. The maximum absolute atomic E-state index is 14.0. The summed E-state index contributed by atoms with van der Waals surface area (Å²) >= 11 is 2.75. The highest BCUT2D eigenvalue weighted by atomic mass is 32.2. The van der Waals surface area contributed by atoms with Crippen LogP contribution in [0, 0.1) is 0 Å². The number of hydrogen-bond acceptors (Lipinski definition) is 10. The molecule has 0 aliphatic carbocycles. The number of para-hydroxylation sites is 1. The maximum Gasteiger partial charge on any atom is 0.315 e. The molecule has 260 valence electrons. The number of urea groups is 1. The average Bonchev–Trinajstić information content (AvgIpc) is 3.83. The molecule has 16 heteroatoms. The Hall–Kier alpha value is -5.09. The summed E-state index contributed by atoms with van der Waals surface area (Å²) in [6.45, 7) is 0.649. The Balaban J connectivity index is 1.15. The van der Waals surface area contributed by atoms with E-state index in [9.17, 15) is 24.0 Å². The molecule has 0 bridgehead atoms. The molecule has 4 aromatic rings. The summed E-state index contributed by atoms with van der Waals surface area (Å²) in [4.78, 5) is 68.9. The number of rotatable bonds is 13. The van der Waals surface area contributed by atoms with Crippen LogP contribution in [0.4, 0.5) is 4.79 Å². The summed E-state index contributed by atoms with van der Waals surface area (Å²) < 4.78 is 1.54. The van der Waals surface area contributed by atoms with Crippen molar-refractivity contribution in [1.82, 2.24) is 46.2 Å². The molecule has 14 nitrogen and oxygen atoms in total. The van der Waals surface area contributed by atoms with Crippen molar-refractivity contribution in [2.24, 2.45) is 0 Å². The molecule has 2 fully saturated rings. The normalized spacial score (nSPS) is 18.2. The number of hydrogen-bond donors (Lipinski definition) is 3. The van der Waals surface area contributed by atoms with Gasteiger partial charge in [0, 0.05) is 24.4 Å². The molecule has 5 amide bonds. The van der Waals surface area contributed by atoms with Crippen LogP contribution >= 0.6 is 23.1 Å². The van der Waals surface area contributed by atoms with E-state index in [2.05, 4.69) is 31.5 Å². The van der Waals surface area contributed by atoms with Crippen LogP contribution in [-0.2, 0) is 32.0 Å². The second kappa shape index (κ2) is 16.5. The molecule has 2 saturated heterocycles. The topological polar surface area (TPSA) is 172 Å². The van der Waals surface area contributed by atoms with Crippen LogP contribution in [0.1, 0.15) is 36.1 Å². The van der Waals surface area contributed by atoms with Gasteiger partial charge in [0.05, 0.1) is 17.5 Å². The molecule has 2 aromatic carbocycles. The Labute approximate surface area is 296 Å². The molecular formula is C34H37N9O5S2. The summed E-state index contributed by atoms with van der Waals surface area (Å²) in [7, 11) is 0. The van der Waals surface area contributed by atoms with E-state index in [1.165, 1.54) is 14.7 Å². The highest BCUT2D eigenvalue weighted by molar-refractivity contribution is 7.99. The Bertz CT molecular complexity index is 1790. The SMILES string of the molecule is O=C(NCCc1cccs1)NC1CCC(=O)N2CCC[C@@H](C(=O)N[C@@H](Cc3ccccc3)C(=O)CSc3nnnn3-c3ccccc3)N2C1=O. The largest absolute Gasteiger partial charge is 0.344 e. The first-order valence-corrected chi connectivity index (χ1v) is 18.3. The molecule has 1 unspecified atom stereocenters. The molecule has 2 aliphatic rings. The first kappa shape index (κ1) is 34.8. The van der Waals surface area contributed by atoms with Gasteiger partial charge in [0.2, 0.25) is 17.0 Å². The zero-order valence-corrected chi connectivity index (χ0v) is 28.8. The fourth-order valence-electron chi connectivity index (χ4n) is 5.97. The zero-order valence-electron chi connectivity index (χ0n) is 27.1. The van der Waals surface area contributed by atoms with Crippen LogP contribution in [0.5, 0.6) is 0 Å². The lowest BCUT2D eigenvalue weighted by Crippen LogP contribution is -2.65. The molecule has 2 aromatic heterocycles. The second-order valence-corrected chi connectivity index (χ2v) is 13.9. The molecule has 4 heterocycles. The fraction of sp³-hybridized carbons (Fsp3) is 0.353. The van der Waals surface area contributed by atoms with E-state index < -0.39 is 36.0 Å². The monoisotopic (exact) mass is 715 g/mol. The van der Waals surface area contributed by atoms with Gasteiger partial charge in [0.1, 0.15) is 12.1 Å². The van der Waals surface area contributed by atoms with Crippen LogP contribution in [-0.4, -0.2) is 96.7 Å². The minimum Gasteiger partial charge on any atom is -0.344 e. The number of nitrogens with one attached hydrogen (secondary N) is 3. The number of carbonyl (C=O) groups excluding carboxylic acids is 5. The second-order valence-electron chi connectivity index (χ2n) is 11.9. The van der Waals surface area contributed by atoms with Gasteiger partial charge < -0.3 is 16.0 Å². The minimum absolute atomic E-state index is 0.0313. The first-order valence-electron chi connectivity index (χ1n) is 16.4. The van der Waals surface area contributed by atoms with Crippen molar-refractivity contribution in [1.29, 1.82) is 0 Å². The van der Waals surface area contributed by atoms with E-state index in [-0.39, 0.29) is 49.7 Å². The highest BCUT2D eigenvalue weighted by Gasteiger charge is 2.45. The Kier molecular flexibility index (Phi) is 11.5. The Morgan fingerprint density at radius 3 is 2.52 bits per heavy atom. The lowest BCUT2D eigenvalue weighted by molar-refractivity contribution is -0.176. The lowest BCUT2D eigenvalue weighted by Gasteiger charge is -2.43. The summed E-state index contributed by atoms with van der Waals surface area (Å²) in [5.41, 5.74) is 1.58. The van der Waals surface area contributed by atoms with E-state index in [4.69, 9.17) is 0 Å². The standard InChI is InChI=1S/C34H37N9O5S2/c44-29(22-50-34-38-39-40-42(34)24-11-5-2-6-12-24)27(21-23-9-3-1-4-10-23)36-31(46)28-14-7-19-41-30(45)16-15-26(32(47)43(28)41)37-33(48)35-18-17-25-13-8-20-49-25/h1-6,8-13,20,26-28H,7,14-19,21-22H2,(H,36,46)(H2,35,37,48)/t26?,27-,28-/m0/s1. The van der Waals surface area contributed by atoms with Crippen molar-refractivity contribution in [3.63, 3.8) is 0 Å². The van der Waals surface area contributed by atoms with Gasteiger partial charge in [-0.3, -0.25) is 24.2 Å². The number of aromatic nitrogens is 4. The predicted molar refractivity (Wildman–Crippen MR) is 186 cm³/mol. The van der Waals surface area contributed by atoms with Gasteiger partial charge in [-0.1, -0.05) is 66.4 Å². The lowest BCUT2D eigenvalue weighted by atomic mass is 10.0. The van der Waals surface area contributed by atoms with Gasteiger partial charge in [-0.05, 0) is 71.7 Å². The predicted octanol–water partition coefficient (Wildman–Crippen LogP) is 2.55. The van der Waals surface area contributed by atoms with Gasteiger partial charge in [0.15, 0.2) is 5.78 Å². The van der Waals surface area contributed by atoms with Crippen molar-refractivity contribution >= 4 is 52.6 Å². The Morgan fingerprint density at radius 2 is 1.76 bits per heavy atom. The number of Topliss-reactive ketones (excluding diaryl/α,β-unsaturated/α-hetero) is 1. The molecule has 50 heavy (non-hydrogen) atoms. The third-order valence-electron chi connectivity index (χ3n) is 8.48. The van der Waals surface area contributed by atoms with Crippen LogP contribution in [0.15, 0.2) is 83.3 Å². The third-order valence-corrected chi connectivity index (χ3v) is 10.4. The van der Waals surface area contributed by atoms with Crippen LogP contribution in [0.3, 0.4) is 0 Å². The van der Waals surface area contributed by atoms with Gasteiger partial charge in [0.25, 0.3) is 5.91 Å². The third kappa shape index (κ3) is 8.55. The van der Waals surface area contributed by atoms with E-state index in [1.807, 2.05) is 78.2 Å². The van der Waals surface area contributed by atoms with Crippen LogP contribution in [0.2, 0.25) is 0 Å². The number of thiophene rings is 1. The molecule has 3 atom stereocenters. The molecule has 3 N–H and O–H groups in total. The van der Waals surface area contributed by atoms with E-state index >= 15 is 0 Å². The number of ketones is 1. The zero-order chi connectivity index (χ0) is 34.9. The summed E-state index contributed by atoms with van der Waals surface area (Å²) in [6, 6.07) is 19.0. The molecule has 6 rings (SSSR count). The molecule has 2 aliphatic heterocycles. The van der Waals surface area contributed by atoms with Crippen molar-refractivity contribution in [3.05, 3.63) is 88.6 Å². The maximum atomic E-state index is 14.0. The van der Waals surface area contributed by atoms with Crippen molar-refractivity contribution in [2.45, 2.75) is 61.8 Å². The number of hydrazine groups is 1. The van der Waals surface area contributed by atoms with Crippen molar-refractivity contribution < 1.29 is 24.0 Å². The summed E-state index contributed by atoms with van der Waals surface area (Å²) in [5.74, 6) is -1.69. The van der Waals surface area contributed by atoms with Gasteiger partial charge >= 0.3 is 6.03 Å². The number of tetrazole rings is 1. The fourth-order valence-corrected chi connectivity index (χ4v) is 7.51. The number of amides is 5. The number of thioether (sulfide) groups is 1.